The van der Waals surface area contributed by atoms with Crippen LogP contribution < -0.4 is 0 Å². The third kappa shape index (κ3) is 4.42. The summed E-state index contributed by atoms with van der Waals surface area (Å²) >= 11 is 0. The third-order valence-electron chi connectivity index (χ3n) is 1.93. The molecule has 0 fully saturated rings. The van der Waals surface area contributed by atoms with E-state index in [-0.39, 0.29) is 24.1 Å². The summed E-state index contributed by atoms with van der Waals surface area (Å²) in [4.78, 5) is 15.1. The van der Waals surface area contributed by atoms with E-state index in [1.54, 1.807) is 0 Å². The Bertz CT molecular complexity index is 247. The summed E-state index contributed by atoms with van der Waals surface area (Å²) in [6, 6.07) is 0. The summed E-state index contributed by atoms with van der Waals surface area (Å²) in [5, 5.41) is 0. The molecule has 0 saturated heterocycles. The van der Waals surface area contributed by atoms with Gasteiger partial charge in [-0.25, -0.2) is 4.98 Å². The van der Waals surface area contributed by atoms with Gasteiger partial charge >= 0.3 is 0 Å². The van der Waals surface area contributed by atoms with Crippen molar-refractivity contribution in [3.05, 3.63) is 18.4 Å². The van der Waals surface area contributed by atoms with E-state index in [0.717, 1.165) is 12.8 Å². The molecular weight excluding hydrogens is 202 g/mol. The van der Waals surface area contributed by atoms with E-state index in [1.165, 1.54) is 25.3 Å². The van der Waals surface area contributed by atoms with Crippen LogP contribution in [-0.4, -0.2) is 10.8 Å². The van der Waals surface area contributed by atoms with Gasteiger partial charge in [0.05, 0.1) is 6.20 Å². The van der Waals surface area contributed by atoms with Gasteiger partial charge in [0.15, 0.2) is 0 Å². The van der Waals surface area contributed by atoms with Crippen LogP contribution in [0, 0.1) is 0 Å². The Morgan fingerprint density at radius 3 is 2.79 bits per heavy atom. The fourth-order valence-electron chi connectivity index (χ4n) is 1.18. The summed E-state index contributed by atoms with van der Waals surface area (Å²) in [6.45, 7) is 2.15. The highest BCUT2D eigenvalue weighted by Crippen LogP contribution is 2.07. The Morgan fingerprint density at radius 1 is 1.43 bits per heavy atom. The van der Waals surface area contributed by atoms with Crippen molar-refractivity contribution in [3.63, 3.8) is 0 Å². The summed E-state index contributed by atoms with van der Waals surface area (Å²) < 4.78 is 4.89. The lowest BCUT2D eigenvalue weighted by atomic mass is 10.1. The second kappa shape index (κ2) is 7.56. The fraction of sp³-hybridized carbons (Fsp3) is 0.600. The predicted molar refractivity (Wildman–Crippen MR) is 56.8 cm³/mol. The number of carbonyl (C=O) groups excluding carboxylic acids is 1. The minimum Gasteiger partial charge on any atom is -0.442 e. The van der Waals surface area contributed by atoms with E-state index in [9.17, 15) is 4.79 Å². The maximum Gasteiger partial charge on any atom is 0.263 e. The molecule has 0 atom stereocenters. The zero-order chi connectivity index (χ0) is 9.52. The number of carbonyl (C=O) groups is 1. The Morgan fingerprint density at radius 2 is 2.21 bits per heavy atom. The molecule has 0 N–H and O–H groups in total. The molecule has 0 aliphatic carbocycles. The number of hydrogen-bond acceptors (Lipinski definition) is 3. The molecule has 1 aromatic rings. The Labute approximate surface area is 90.3 Å². The molecule has 4 heteroatoms. The highest BCUT2D eigenvalue weighted by atomic mass is 35.5. The number of oxazole rings is 1. The van der Waals surface area contributed by atoms with Crippen molar-refractivity contribution in [3.8, 4) is 0 Å². The SMILES string of the molecule is CCCCCCC(=O)c1ncco1.Cl. The van der Waals surface area contributed by atoms with Crippen LogP contribution in [0.4, 0.5) is 0 Å². The first kappa shape index (κ1) is 13.2. The molecular formula is C10H16ClNO2. The van der Waals surface area contributed by atoms with Crippen molar-refractivity contribution in [2.75, 3.05) is 0 Å². The van der Waals surface area contributed by atoms with Crippen molar-refractivity contribution >= 4 is 18.2 Å². The number of halogens is 1. The van der Waals surface area contributed by atoms with Crippen LogP contribution in [0.1, 0.15) is 49.7 Å². The highest BCUT2D eigenvalue weighted by Gasteiger charge is 2.08. The molecule has 80 valence electrons. The summed E-state index contributed by atoms with van der Waals surface area (Å²) in [7, 11) is 0. The van der Waals surface area contributed by atoms with Gasteiger partial charge in [0.2, 0.25) is 5.78 Å². The van der Waals surface area contributed by atoms with Crippen molar-refractivity contribution in [1.82, 2.24) is 4.98 Å². The molecule has 14 heavy (non-hydrogen) atoms. The fourth-order valence-corrected chi connectivity index (χ4v) is 1.18. The van der Waals surface area contributed by atoms with Crippen molar-refractivity contribution in [1.29, 1.82) is 0 Å². The molecule has 0 spiro atoms. The van der Waals surface area contributed by atoms with Gasteiger partial charge in [-0.3, -0.25) is 4.79 Å². The average molecular weight is 218 g/mol. The molecule has 0 amide bonds. The van der Waals surface area contributed by atoms with E-state index >= 15 is 0 Å². The van der Waals surface area contributed by atoms with Crippen LogP contribution in [-0.2, 0) is 0 Å². The van der Waals surface area contributed by atoms with Gasteiger partial charge in [-0.2, -0.15) is 0 Å². The Kier molecular flexibility index (Phi) is 7.11. The molecule has 1 heterocycles. The predicted octanol–water partition coefficient (Wildman–Crippen LogP) is 3.25. The quantitative estimate of drug-likeness (QED) is 0.543. The Balaban J connectivity index is 0.00000169. The van der Waals surface area contributed by atoms with Gasteiger partial charge in [0.1, 0.15) is 6.26 Å². The number of rotatable bonds is 6. The van der Waals surface area contributed by atoms with Crippen LogP contribution >= 0.6 is 12.4 Å². The molecule has 0 saturated carbocycles. The molecule has 0 unspecified atom stereocenters. The van der Waals surface area contributed by atoms with Crippen LogP contribution in [0.2, 0.25) is 0 Å². The summed E-state index contributed by atoms with van der Waals surface area (Å²) in [5.74, 6) is 0.262. The molecule has 0 aliphatic heterocycles. The molecule has 1 aromatic heterocycles. The van der Waals surface area contributed by atoms with E-state index in [4.69, 9.17) is 4.42 Å². The molecule has 0 aromatic carbocycles. The van der Waals surface area contributed by atoms with Crippen LogP contribution in [0.3, 0.4) is 0 Å². The number of hydrogen-bond donors (Lipinski definition) is 0. The van der Waals surface area contributed by atoms with Crippen molar-refractivity contribution in [2.45, 2.75) is 39.0 Å². The number of nitrogens with zero attached hydrogens (tertiary/aromatic N) is 1. The van der Waals surface area contributed by atoms with Gasteiger partial charge in [-0.1, -0.05) is 26.2 Å². The number of Topliss-reactive ketones (excluding diaryl/α,β-unsaturated/α-hetero) is 1. The first-order valence-corrected chi connectivity index (χ1v) is 4.77. The van der Waals surface area contributed by atoms with Gasteiger partial charge < -0.3 is 4.42 Å². The van der Waals surface area contributed by atoms with Crippen LogP contribution in [0.15, 0.2) is 16.9 Å². The minimum atomic E-state index is 0. The molecule has 0 bridgehead atoms. The average Bonchev–Trinajstić information content (AvgIpc) is 2.65. The first-order valence-electron chi connectivity index (χ1n) is 4.77. The topological polar surface area (TPSA) is 43.1 Å². The minimum absolute atomic E-state index is 0. The van der Waals surface area contributed by atoms with E-state index < -0.39 is 0 Å². The molecule has 0 aliphatic rings. The lowest BCUT2D eigenvalue weighted by molar-refractivity contribution is 0.0945. The monoisotopic (exact) mass is 217 g/mol. The second-order valence-electron chi connectivity index (χ2n) is 3.07. The van der Waals surface area contributed by atoms with Gasteiger partial charge in [0.25, 0.3) is 5.89 Å². The molecule has 0 radical (unpaired) electrons. The van der Waals surface area contributed by atoms with Crippen molar-refractivity contribution in [2.24, 2.45) is 0 Å². The zero-order valence-electron chi connectivity index (χ0n) is 8.36. The first-order chi connectivity index (χ1) is 6.34. The Hall–Kier alpha value is -0.830. The normalized spacial score (nSPS) is 9.50. The van der Waals surface area contributed by atoms with E-state index in [2.05, 4.69) is 11.9 Å². The summed E-state index contributed by atoms with van der Waals surface area (Å²) in [6.07, 6.45) is 7.92. The van der Waals surface area contributed by atoms with Gasteiger partial charge in [-0.05, 0) is 6.42 Å². The number of ketones is 1. The van der Waals surface area contributed by atoms with Crippen LogP contribution in [0.5, 0.6) is 0 Å². The maximum atomic E-state index is 11.3. The van der Waals surface area contributed by atoms with E-state index in [1.807, 2.05) is 0 Å². The second-order valence-corrected chi connectivity index (χ2v) is 3.07. The lowest BCUT2D eigenvalue weighted by Crippen LogP contribution is -1.98. The molecule has 3 nitrogen and oxygen atoms in total. The maximum absolute atomic E-state index is 11.3. The smallest absolute Gasteiger partial charge is 0.263 e. The lowest BCUT2D eigenvalue weighted by Gasteiger charge is -1.96. The standard InChI is InChI=1S/C10H15NO2.ClH/c1-2-3-4-5-6-9(12)10-11-7-8-13-10;/h7-8H,2-6H2,1H3;1H. The van der Waals surface area contributed by atoms with Gasteiger partial charge in [-0.15, -0.1) is 12.4 Å². The largest absolute Gasteiger partial charge is 0.442 e. The van der Waals surface area contributed by atoms with Crippen molar-refractivity contribution < 1.29 is 9.21 Å². The zero-order valence-corrected chi connectivity index (χ0v) is 9.18. The van der Waals surface area contributed by atoms with E-state index in [0.29, 0.717) is 6.42 Å². The van der Waals surface area contributed by atoms with Gasteiger partial charge in [0, 0.05) is 6.42 Å². The molecule has 1 rings (SSSR count). The summed E-state index contributed by atoms with van der Waals surface area (Å²) in [5.41, 5.74) is 0. The number of unbranched alkanes of at least 4 members (excludes halogenated alkanes) is 3. The highest BCUT2D eigenvalue weighted by molar-refractivity contribution is 5.91. The third-order valence-corrected chi connectivity index (χ3v) is 1.93. The van der Waals surface area contributed by atoms with Crippen LogP contribution in [0.25, 0.3) is 0 Å². The number of aromatic nitrogens is 1.